The van der Waals surface area contributed by atoms with Gasteiger partial charge < -0.3 is 5.73 Å². The Hall–Kier alpha value is -0.920. The molecule has 0 amide bonds. The van der Waals surface area contributed by atoms with Crippen LogP contribution in [0.4, 0.5) is 0 Å². The van der Waals surface area contributed by atoms with E-state index in [4.69, 9.17) is 17.3 Å². The maximum absolute atomic E-state index is 12.8. The fourth-order valence-electron chi connectivity index (χ4n) is 2.71. The van der Waals surface area contributed by atoms with Crippen LogP contribution in [0.3, 0.4) is 0 Å². The van der Waals surface area contributed by atoms with Crippen molar-refractivity contribution in [1.29, 1.82) is 0 Å². The molecular weight excluding hydrogens is 328 g/mol. The highest BCUT2D eigenvalue weighted by molar-refractivity contribution is 7.91. The lowest BCUT2D eigenvalue weighted by molar-refractivity contribution is 0.314. The Morgan fingerprint density at radius 3 is 2.71 bits per heavy atom. The van der Waals surface area contributed by atoms with Gasteiger partial charge in [0, 0.05) is 13.1 Å². The van der Waals surface area contributed by atoms with Crippen LogP contribution in [0.2, 0.25) is 4.34 Å². The van der Waals surface area contributed by atoms with E-state index >= 15 is 0 Å². The third-order valence-electron chi connectivity index (χ3n) is 3.70. The molecule has 0 spiro atoms. The second-order valence-corrected chi connectivity index (χ2v) is 8.71. The topological polar surface area (TPSA) is 63.4 Å². The summed E-state index contributed by atoms with van der Waals surface area (Å²) in [5.41, 5.74) is 8.03. The number of rotatable bonds is 3. The summed E-state index contributed by atoms with van der Waals surface area (Å²) < 4.78 is 27.8. The zero-order valence-electron chi connectivity index (χ0n) is 11.2. The molecule has 112 valence electrons. The molecule has 2 aromatic rings. The first-order valence-corrected chi connectivity index (χ1v) is 9.22. The lowest BCUT2D eigenvalue weighted by Crippen LogP contribution is -2.42. The van der Waals surface area contributed by atoms with Gasteiger partial charge in [0.05, 0.1) is 10.4 Å². The number of halogens is 1. The van der Waals surface area contributed by atoms with Gasteiger partial charge in [-0.05, 0) is 29.7 Å². The number of sulfonamides is 1. The van der Waals surface area contributed by atoms with Crippen molar-refractivity contribution in [1.82, 2.24) is 4.31 Å². The molecule has 1 aliphatic heterocycles. The largest absolute Gasteiger partial charge is 0.329 e. The SMILES string of the molecule is NCC1c2ccccc2CCN1S(=O)(=O)c1ccc(Cl)s1. The summed E-state index contributed by atoms with van der Waals surface area (Å²) in [6.07, 6.45) is 0.699. The van der Waals surface area contributed by atoms with Gasteiger partial charge in [0.25, 0.3) is 10.0 Å². The Bertz CT molecular complexity index is 758. The summed E-state index contributed by atoms with van der Waals surface area (Å²) in [6.45, 7) is 0.700. The van der Waals surface area contributed by atoms with E-state index in [1.165, 1.54) is 9.87 Å². The van der Waals surface area contributed by atoms with E-state index < -0.39 is 10.0 Å². The first-order valence-electron chi connectivity index (χ1n) is 6.59. The van der Waals surface area contributed by atoms with Gasteiger partial charge in [-0.15, -0.1) is 11.3 Å². The van der Waals surface area contributed by atoms with Gasteiger partial charge in [0.2, 0.25) is 0 Å². The highest BCUT2D eigenvalue weighted by atomic mass is 35.5. The molecule has 0 saturated heterocycles. The normalized spacial score (nSPS) is 19.4. The van der Waals surface area contributed by atoms with Crippen LogP contribution in [0.25, 0.3) is 0 Å². The van der Waals surface area contributed by atoms with Crippen LogP contribution in [-0.2, 0) is 16.4 Å². The Kier molecular flexibility index (Phi) is 4.07. The Labute approximate surface area is 133 Å². The summed E-state index contributed by atoms with van der Waals surface area (Å²) >= 11 is 6.94. The monoisotopic (exact) mass is 342 g/mol. The van der Waals surface area contributed by atoms with Crippen LogP contribution in [0.15, 0.2) is 40.6 Å². The molecular formula is C14H15ClN2O2S2. The Morgan fingerprint density at radius 1 is 1.29 bits per heavy atom. The fourth-order valence-corrected chi connectivity index (χ4v) is 5.94. The van der Waals surface area contributed by atoms with Crippen LogP contribution in [-0.4, -0.2) is 25.8 Å². The lowest BCUT2D eigenvalue weighted by Gasteiger charge is -2.35. The maximum Gasteiger partial charge on any atom is 0.253 e. The minimum Gasteiger partial charge on any atom is -0.329 e. The number of hydrogen-bond acceptors (Lipinski definition) is 4. The third kappa shape index (κ3) is 2.62. The van der Waals surface area contributed by atoms with E-state index in [1.807, 2.05) is 24.3 Å². The van der Waals surface area contributed by atoms with Crippen LogP contribution in [0.5, 0.6) is 0 Å². The number of nitrogens with zero attached hydrogens (tertiary/aromatic N) is 1. The predicted molar refractivity (Wildman–Crippen MR) is 85.2 cm³/mol. The first kappa shape index (κ1) is 15.0. The van der Waals surface area contributed by atoms with Crippen molar-refractivity contribution in [2.45, 2.75) is 16.7 Å². The van der Waals surface area contributed by atoms with E-state index in [0.717, 1.165) is 16.9 Å². The van der Waals surface area contributed by atoms with Crippen molar-refractivity contribution in [2.75, 3.05) is 13.1 Å². The van der Waals surface area contributed by atoms with Crippen LogP contribution >= 0.6 is 22.9 Å². The molecule has 0 saturated carbocycles. The Morgan fingerprint density at radius 2 is 2.05 bits per heavy atom. The van der Waals surface area contributed by atoms with Gasteiger partial charge in [-0.2, -0.15) is 4.31 Å². The summed E-state index contributed by atoms with van der Waals surface area (Å²) in [7, 11) is -3.56. The number of hydrogen-bond donors (Lipinski definition) is 1. The van der Waals surface area contributed by atoms with Gasteiger partial charge in [0.15, 0.2) is 0 Å². The van der Waals surface area contributed by atoms with Crippen molar-refractivity contribution in [2.24, 2.45) is 5.73 Å². The molecule has 1 aromatic carbocycles. The van der Waals surface area contributed by atoms with Crippen molar-refractivity contribution >= 4 is 33.0 Å². The predicted octanol–water partition coefficient (Wildman–Crippen LogP) is 2.65. The molecule has 0 fully saturated rings. The van der Waals surface area contributed by atoms with Gasteiger partial charge >= 0.3 is 0 Å². The molecule has 1 aromatic heterocycles. The van der Waals surface area contributed by atoms with Crippen LogP contribution < -0.4 is 5.73 Å². The molecule has 1 atom stereocenters. The average molecular weight is 343 g/mol. The van der Waals surface area contributed by atoms with Crippen molar-refractivity contribution in [3.05, 3.63) is 51.9 Å². The minimum absolute atomic E-state index is 0.259. The molecule has 2 heterocycles. The van der Waals surface area contributed by atoms with Crippen LogP contribution in [0.1, 0.15) is 17.2 Å². The van der Waals surface area contributed by atoms with Gasteiger partial charge in [-0.25, -0.2) is 8.42 Å². The second-order valence-electron chi connectivity index (χ2n) is 4.87. The highest BCUT2D eigenvalue weighted by Gasteiger charge is 2.36. The lowest BCUT2D eigenvalue weighted by atomic mass is 9.94. The number of fused-ring (bicyclic) bond motifs is 1. The highest BCUT2D eigenvalue weighted by Crippen LogP contribution is 2.36. The number of nitrogens with two attached hydrogens (primary N) is 1. The molecule has 3 rings (SSSR count). The van der Waals surface area contributed by atoms with E-state index in [-0.39, 0.29) is 16.8 Å². The number of thiophene rings is 1. The van der Waals surface area contributed by atoms with E-state index in [1.54, 1.807) is 12.1 Å². The smallest absolute Gasteiger partial charge is 0.253 e. The third-order valence-corrected chi connectivity index (χ3v) is 7.30. The second kappa shape index (κ2) is 5.70. The first-order chi connectivity index (χ1) is 10.0. The van der Waals surface area contributed by atoms with E-state index in [2.05, 4.69) is 0 Å². The quantitative estimate of drug-likeness (QED) is 0.932. The summed E-state index contributed by atoms with van der Waals surface area (Å²) in [4.78, 5) is 0. The molecule has 1 unspecified atom stereocenters. The van der Waals surface area contributed by atoms with Crippen molar-refractivity contribution < 1.29 is 8.42 Å². The molecule has 7 heteroatoms. The van der Waals surface area contributed by atoms with Gasteiger partial charge in [0.1, 0.15) is 4.21 Å². The minimum atomic E-state index is -3.56. The molecule has 0 aliphatic carbocycles. The number of benzene rings is 1. The van der Waals surface area contributed by atoms with E-state index in [9.17, 15) is 8.42 Å². The molecule has 2 N–H and O–H groups in total. The zero-order chi connectivity index (χ0) is 15.0. The molecule has 0 bridgehead atoms. The average Bonchev–Trinajstić information content (AvgIpc) is 2.93. The zero-order valence-corrected chi connectivity index (χ0v) is 13.6. The van der Waals surface area contributed by atoms with Crippen molar-refractivity contribution in [3.8, 4) is 0 Å². The molecule has 0 radical (unpaired) electrons. The maximum atomic E-state index is 12.8. The standard InChI is InChI=1S/C14H15ClN2O2S2/c15-13-5-6-14(20-13)21(18,19)17-8-7-10-3-1-2-4-11(10)12(17)9-16/h1-6,12H,7-9,16H2. The summed E-state index contributed by atoms with van der Waals surface area (Å²) in [5, 5.41) is 0. The fraction of sp³-hybridized carbons (Fsp3) is 0.286. The molecule has 21 heavy (non-hydrogen) atoms. The molecule has 1 aliphatic rings. The van der Waals surface area contributed by atoms with Gasteiger partial charge in [-0.1, -0.05) is 35.9 Å². The summed E-state index contributed by atoms with van der Waals surface area (Å²) in [6, 6.07) is 10.7. The Balaban J connectivity index is 2.03. The van der Waals surface area contributed by atoms with Crippen LogP contribution in [0, 0.1) is 0 Å². The molecule has 4 nitrogen and oxygen atoms in total. The van der Waals surface area contributed by atoms with Gasteiger partial charge in [-0.3, -0.25) is 0 Å². The summed E-state index contributed by atoms with van der Waals surface area (Å²) in [5.74, 6) is 0. The van der Waals surface area contributed by atoms with Crippen molar-refractivity contribution in [3.63, 3.8) is 0 Å². The van der Waals surface area contributed by atoms with E-state index in [0.29, 0.717) is 17.3 Å².